The number of piperazine rings is 1. The van der Waals surface area contributed by atoms with Gasteiger partial charge in [-0.2, -0.15) is 0 Å². The molecule has 2 aliphatic heterocycles. The molecule has 0 unspecified atom stereocenters. The zero-order valence-electron chi connectivity index (χ0n) is 22.7. The highest BCUT2D eigenvalue weighted by molar-refractivity contribution is 5.84. The molecule has 0 N–H and O–H groups in total. The summed E-state index contributed by atoms with van der Waals surface area (Å²) in [6.45, 7) is 11.5. The first kappa shape index (κ1) is 25.6. The molecule has 2 aliphatic rings. The lowest BCUT2D eigenvalue weighted by molar-refractivity contribution is -0.0660. The Bertz CT molecular complexity index is 1490. The van der Waals surface area contributed by atoms with E-state index in [9.17, 15) is 0 Å². The molecule has 0 aliphatic carbocycles. The Morgan fingerprint density at radius 2 is 1.69 bits per heavy atom. The number of anilines is 3. The molecule has 4 aromatic rings. The van der Waals surface area contributed by atoms with Gasteiger partial charge in [-0.3, -0.25) is 4.90 Å². The van der Waals surface area contributed by atoms with Crippen LogP contribution >= 0.6 is 0 Å². The topological polar surface area (TPSA) is 62.6 Å². The Kier molecular flexibility index (Phi) is 6.68. The van der Waals surface area contributed by atoms with Gasteiger partial charge >= 0.3 is 0 Å². The number of pyridine rings is 2. The fraction of sp³-hybridized carbons (Fsp3) is 0.414. The van der Waals surface area contributed by atoms with Crippen LogP contribution in [0.25, 0.3) is 22.2 Å². The molecule has 0 amide bonds. The maximum absolute atomic E-state index is 15.1. The number of hydrogen-bond donors (Lipinski definition) is 0. The van der Waals surface area contributed by atoms with Gasteiger partial charge in [0.15, 0.2) is 5.82 Å². The van der Waals surface area contributed by atoms with Crippen molar-refractivity contribution in [3.63, 3.8) is 0 Å². The second-order valence-corrected chi connectivity index (χ2v) is 10.6. The molecule has 8 nitrogen and oxygen atoms in total. The van der Waals surface area contributed by atoms with Gasteiger partial charge in [-0.15, -0.1) is 0 Å². The normalized spacial score (nSPS) is 16.7. The van der Waals surface area contributed by atoms with Crippen molar-refractivity contribution >= 4 is 28.4 Å². The molecule has 39 heavy (non-hydrogen) atoms. The summed E-state index contributed by atoms with van der Waals surface area (Å²) in [5, 5.41) is 0. The van der Waals surface area contributed by atoms with Crippen molar-refractivity contribution < 1.29 is 13.5 Å². The quantitative estimate of drug-likeness (QED) is 0.348. The van der Waals surface area contributed by atoms with Gasteiger partial charge in [0.05, 0.1) is 42.9 Å². The summed E-state index contributed by atoms with van der Waals surface area (Å²) < 4.78 is 37.4. The van der Waals surface area contributed by atoms with Crippen LogP contribution in [0.15, 0.2) is 42.7 Å². The van der Waals surface area contributed by atoms with E-state index in [1.54, 1.807) is 17.0 Å². The van der Waals surface area contributed by atoms with E-state index in [-0.39, 0.29) is 11.6 Å². The van der Waals surface area contributed by atoms with E-state index >= 15 is 8.78 Å². The van der Waals surface area contributed by atoms with Crippen LogP contribution in [0.5, 0.6) is 0 Å². The van der Waals surface area contributed by atoms with Crippen molar-refractivity contribution in [2.45, 2.75) is 32.9 Å². The van der Waals surface area contributed by atoms with Gasteiger partial charge in [0.2, 0.25) is 0 Å². The van der Waals surface area contributed by atoms with Crippen molar-refractivity contribution in [3.8, 4) is 11.1 Å². The molecule has 3 aromatic heterocycles. The van der Waals surface area contributed by atoms with E-state index in [4.69, 9.17) is 4.74 Å². The standard InChI is InChI=1S/C29H33F2N7O/c1-18(2)38-19(3)34-29-24(30)11-20(12-26(29)38)23-13-28(33-15-25(23)31)35(4)27-6-5-21(14-32-27)36-7-9-37(10-8-36)22-16-39-17-22/h5-6,11-15,18,22H,7-10,16-17H2,1-4H3. The second-order valence-electron chi connectivity index (χ2n) is 10.6. The Morgan fingerprint density at radius 1 is 0.949 bits per heavy atom. The van der Waals surface area contributed by atoms with E-state index in [0.717, 1.165) is 50.9 Å². The average Bonchev–Trinajstić information content (AvgIpc) is 3.25. The van der Waals surface area contributed by atoms with Crippen molar-refractivity contribution in [2.24, 2.45) is 0 Å². The van der Waals surface area contributed by atoms with Crippen LogP contribution in [0.3, 0.4) is 0 Å². The average molecular weight is 534 g/mol. The molecule has 2 fully saturated rings. The minimum atomic E-state index is -0.519. The lowest BCUT2D eigenvalue weighted by atomic mass is 10.0. The highest BCUT2D eigenvalue weighted by Gasteiger charge is 2.29. The van der Waals surface area contributed by atoms with Crippen molar-refractivity contribution in [3.05, 3.63) is 60.2 Å². The lowest BCUT2D eigenvalue weighted by Gasteiger charge is -2.43. The molecule has 1 aromatic carbocycles. The van der Waals surface area contributed by atoms with E-state index < -0.39 is 11.6 Å². The van der Waals surface area contributed by atoms with Crippen LogP contribution in [0.1, 0.15) is 25.7 Å². The third kappa shape index (κ3) is 4.72. The minimum Gasteiger partial charge on any atom is -0.378 e. The number of fused-ring (bicyclic) bond motifs is 1. The smallest absolute Gasteiger partial charge is 0.151 e. The Balaban J connectivity index is 1.24. The molecule has 0 bridgehead atoms. The molecule has 0 saturated carbocycles. The van der Waals surface area contributed by atoms with Gasteiger partial charge in [0, 0.05) is 44.8 Å². The fourth-order valence-electron chi connectivity index (χ4n) is 5.57. The summed E-state index contributed by atoms with van der Waals surface area (Å²) in [6, 6.07) is 9.43. The predicted octanol–water partition coefficient (Wildman–Crippen LogP) is 4.95. The van der Waals surface area contributed by atoms with E-state index in [1.807, 2.05) is 44.6 Å². The summed E-state index contributed by atoms with van der Waals surface area (Å²) >= 11 is 0. The number of hydrogen-bond acceptors (Lipinski definition) is 7. The van der Waals surface area contributed by atoms with Gasteiger partial charge in [-0.25, -0.2) is 23.7 Å². The Hall–Kier alpha value is -3.63. The molecule has 204 valence electrons. The van der Waals surface area contributed by atoms with Gasteiger partial charge in [-0.05, 0) is 56.7 Å². The number of rotatable bonds is 6. The monoisotopic (exact) mass is 533 g/mol. The molecule has 0 atom stereocenters. The number of imidazole rings is 1. The van der Waals surface area contributed by atoms with Gasteiger partial charge in [-0.1, -0.05) is 0 Å². The van der Waals surface area contributed by atoms with Gasteiger partial charge in [0.25, 0.3) is 0 Å². The van der Waals surface area contributed by atoms with E-state index in [2.05, 4.69) is 30.8 Å². The Morgan fingerprint density at radius 3 is 2.33 bits per heavy atom. The Labute approximate surface area is 226 Å². The highest BCUT2D eigenvalue weighted by atomic mass is 19.1. The summed E-state index contributed by atoms with van der Waals surface area (Å²) in [5.41, 5.74) is 2.72. The lowest BCUT2D eigenvalue weighted by Crippen LogP contribution is -2.56. The molecule has 2 saturated heterocycles. The van der Waals surface area contributed by atoms with Gasteiger partial charge in [0.1, 0.15) is 28.8 Å². The number of halogens is 2. The van der Waals surface area contributed by atoms with Crippen LogP contribution < -0.4 is 9.80 Å². The molecule has 10 heteroatoms. The predicted molar refractivity (Wildman–Crippen MR) is 149 cm³/mol. The van der Waals surface area contributed by atoms with Crippen molar-refractivity contribution in [1.82, 2.24) is 24.4 Å². The number of aromatic nitrogens is 4. The van der Waals surface area contributed by atoms with Crippen LogP contribution in [-0.4, -0.2) is 76.9 Å². The summed E-state index contributed by atoms with van der Waals surface area (Å²) in [7, 11) is 1.84. The third-order valence-corrected chi connectivity index (χ3v) is 7.83. The summed E-state index contributed by atoms with van der Waals surface area (Å²) in [5.74, 6) is 0.918. The maximum atomic E-state index is 15.1. The number of nitrogens with zero attached hydrogens (tertiary/aromatic N) is 7. The van der Waals surface area contributed by atoms with Crippen molar-refractivity contribution in [2.75, 3.05) is 56.2 Å². The SMILES string of the molecule is Cc1nc2c(F)cc(-c3cc(N(C)c4ccc(N5CCN(C6COC6)CC5)cn4)ncc3F)cc2n1C(C)C. The first-order chi connectivity index (χ1) is 18.8. The minimum absolute atomic E-state index is 0.0869. The zero-order valence-corrected chi connectivity index (χ0v) is 22.7. The van der Waals surface area contributed by atoms with E-state index in [0.29, 0.717) is 34.3 Å². The van der Waals surface area contributed by atoms with Crippen LogP contribution in [0.2, 0.25) is 0 Å². The van der Waals surface area contributed by atoms with Crippen LogP contribution in [-0.2, 0) is 4.74 Å². The van der Waals surface area contributed by atoms with Gasteiger partial charge < -0.3 is 19.1 Å². The molecule has 0 radical (unpaired) electrons. The second kappa shape index (κ2) is 10.2. The third-order valence-electron chi connectivity index (χ3n) is 7.83. The number of ether oxygens (including phenoxy) is 1. The van der Waals surface area contributed by atoms with Crippen LogP contribution in [0, 0.1) is 18.6 Å². The largest absolute Gasteiger partial charge is 0.378 e. The molecule has 6 rings (SSSR count). The molecule has 5 heterocycles. The number of aryl methyl sites for hydroxylation is 1. The summed E-state index contributed by atoms with van der Waals surface area (Å²) in [4.78, 5) is 20.0. The zero-order chi connectivity index (χ0) is 27.3. The first-order valence-electron chi connectivity index (χ1n) is 13.4. The molecular weight excluding hydrogens is 500 g/mol. The molecule has 0 spiro atoms. The molecular formula is C29H33F2N7O. The maximum Gasteiger partial charge on any atom is 0.151 e. The highest BCUT2D eigenvalue weighted by Crippen LogP contribution is 2.33. The fourth-order valence-corrected chi connectivity index (χ4v) is 5.57. The first-order valence-corrected chi connectivity index (χ1v) is 13.4. The number of benzene rings is 1. The summed E-state index contributed by atoms with van der Waals surface area (Å²) in [6.07, 6.45) is 3.05. The van der Waals surface area contributed by atoms with E-state index in [1.165, 1.54) is 12.3 Å². The van der Waals surface area contributed by atoms with Crippen molar-refractivity contribution in [1.29, 1.82) is 0 Å². The van der Waals surface area contributed by atoms with Crippen LogP contribution in [0.4, 0.5) is 26.1 Å².